The molecule has 20 heteroatoms. The number of hydrogen-bond acceptors (Lipinski definition) is 9. The predicted octanol–water partition coefficient (Wildman–Crippen LogP) is 8.18. The van der Waals surface area contributed by atoms with Gasteiger partial charge < -0.3 is 4.74 Å². The monoisotopic (exact) mass is 947 g/mol. The molecule has 64 heavy (non-hydrogen) atoms. The molecule has 3 fully saturated rings. The van der Waals surface area contributed by atoms with E-state index in [-0.39, 0.29) is 65.3 Å². The molecule has 0 bridgehead atoms. The first-order chi connectivity index (χ1) is 30.0. The Morgan fingerprint density at radius 1 is 1.00 bits per heavy atom. The largest absolute Gasteiger partial charge is 0.377 e. The van der Waals surface area contributed by atoms with Gasteiger partial charge in [-0.1, -0.05) is 23.6 Å². The minimum absolute atomic E-state index is 0.0173. The van der Waals surface area contributed by atoms with Crippen molar-refractivity contribution in [3.05, 3.63) is 98.7 Å². The number of ether oxygens (including phenoxy) is 1. The molecule has 1 saturated heterocycles. The molecule has 0 spiro atoms. The minimum Gasteiger partial charge on any atom is -0.377 e. The Morgan fingerprint density at radius 3 is 2.31 bits per heavy atom. The van der Waals surface area contributed by atoms with Gasteiger partial charge in [0.05, 0.1) is 52.2 Å². The molecule has 2 aromatic carbocycles. The van der Waals surface area contributed by atoms with Crippen LogP contribution in [0.5, 0.6) is 0 Å². The molecule has 3 aromatic heterocycles. The van der Waals surface area contributed by atoms with Crippen molar-refractivity contribution in [3.63, 3.8) is 0 Å². The number of carbonyl (C=O) groups is 1. The second kappa shape index (κ2) is 15.7. The van der Waals surface area contributed by atoms with Gasteiger partial charge in [-0.2, -0.15) is 19.0 Å². The number of rotatable bonds is 14. The zero-order valence-corrected chi connectivity index (χ0v) is 36.9. The van der Waals surface area contributed by atoms with Gasteiger partial charge in [0.2, 0.25) is 0 Å². The van der Waals surface area contributed by atoms with Crippen LogP contribution in [0.4, 0.5) is 26.3 Å². The van der Waals surface area contributed by atoms with E-state index < -0.39 is 107 Å². The van der Waals surface area contributed by atoms with Gasteiger partial charge in [-0.05, 0) is 87.3 Å². The van der Waals surface area contributed by atoms with E-state index in [4.69, 9.17) is 26.4 Å². The molecule has 3 aliphatic carbocycles. The number of aromatic nitrogens is 5. The Morgan fingerprint density at radius 2 is 1.69 bits per heavy atom. The number of nitrogens with zero attached hydrogens (tertiary/aromatic N) is 5. The van der Waals surface area contributed by atoms with Gasteiger partial charge >= 0.3 is 0 Å². The Hall–Kier alpha value is -4.77. The average Bonchev–Trinajstić information content (AvgIpc) is 4.09. The van der Waals surface area contributed by atoms with E-state index in [2.05, 4.69) is 16.9 Å². The molecule has 1 aliphatic heterocycles. The van der Waals surface area contributed by atoms with Gasteiger partial charge in [0.1, 0.15) is 40.0 Å². The van der Waals surface area contributed by atoms with E-state index in [1.165, 1.54) is 26.0 Å². The van der Waals surface area contributed by atoms with E-state index in [9.17, 15) is 39.2 Å². The van der Waals surface area contributed by atoms with Crippen molar-refractivity contribution in [2.75, 3.05) is 19.5 Å². The molecule has 11 nitrogen and oxygen atoms in total. The zero-order valence-electron chi connectivity index (χ0n) is 34.5. The molecule has 338 valence electrons. The smallest absolute Gasteiger partial charge is 0.293 e. The van der Waals surface area contributed by atoms with Crippen LogP contribution < -0.4 is 0 Å². The lowest BCUT2D eigenvalue weighted by atomic mass is 9.86. The molecule has 0 amide bonds. The summed E-state index contributed by atoms with van der Waals surface area (Å²) < 4.78 is 147. The molecule has 4 aliphatic rings. The standard InChI is InChI=1S/C44H40ClF6N5O6S2/c1-43(2,64(60,61)29-5-6-29)11-10-26-4-7-30(31-8-9-34(45)37-35(21-63(3,58)59)53-56(40(31)37)27-19-62-20-27)38(52-26)23(12-22-13-24(46)16-25(47)14-22)15-28(57)18-55-41-36(39(54-55)42(48)49)32-17-33(32)44(41,50)51/h4,7-9,13-14,16,23,27,29,32-33,42H,5-6,12,15,17-21H2,1-3H3/t23-,32+,33-/m1/s1. The quantitative estimate of drug-likeness (QED) is 0.0796. The number of carbonyl (C=O) groups excluding carboxylic acids is 1. The summed E-state index contributed by atoms with van der Waals surface area (Å²) in [7, 11) is -7.32. The number of pyridine rings is 1. The fourth-order valence-corrected chi connectivity index (χ4v) is 11.8. The summed E-state index contributed by atoms with van der Waals surface area (Å²) in [6.45, 7) is 2.58. The lowest BCUT2D eigenvalue weighted by molar-refractivity contribution is -0.120. The number of Topliss-reactive ketones (excluding diaryl/α,β-unsaturated/α-hetero) is 1. The molecule has 5 aromatic rings. The molecule has 0 N–H and O–H groups in total. The summed E-state index contributed by atoms with van der Waals surface area (Å²) in [4.78, 5) is 19.2. The van der Waals surface area contributed by atoms with Crippen LogP contribution in [-0.4, -0.2) is 76.6 Å². The van der Waals surface area contributed by atoms with Crippen LogP contribution >= 0.6 is 11.6 Å². The zero-order chi connectivity index (χ0) is 45.8. The fourth-order valence-electron chi connectivity index (χ4n) is 9.03. The maximum atomic E-state index is 15.6. The number of hydrogen-bond donors (Lipinski definition) is 0. The predicted molar refractivity (Wildman–Crippen MR) is 224 cm³/mol. The highest BCUT2D eigenvalue weighted by Gasteiger charge is 2.67. The van der Waals surface area contributed by atoms with Gasteiger partial charge in [0.25, 0.3) is 12.3 Å². The summed E-state index contributed by atoms with van der Waals surface area (Å²) in [6.07, 6.45) is -1.91. The summed E-state index contributed by atoms with van der Waals surface area (Å²) in [5, 5.41) is 8.45. The van der Waals surface area contributed by atoms with Gasteiger partial charge in [-0.25, -0.2) is 39.4 Å². The van der Waals surface area contributed by atoms with Crippen molar-refractivity contribution in [2.45, 2.75) is 98.5 Å². The lowest BCUT2D eigenvalue weighted by Gasteiger charge is -2.28. The van der Waals surface area contributed by atoms with Crippen LogP contribution in [-0.2, 0) is 53.8 Å². The van der Waals surface area contributed by atoms with E-state index >= 15 is 8.78 Å². The van der Waals surface area contributed by atoms with Crippen LogP contribution in [0.15, 0.2) is 42.5 Å². The molecule has 4 heterocycles. The first-order valence-electron chi connectivity index (χ1n) is 20.5. The molecule has 3 atom stereocenters. The fraction of sp³-hybridized carbons (Fsp3) is 0.455. The second-order valence-electron chi connectivity index (χ2n) is 17.7. The van der Waals surface area contributed by atoms with Crippen molar-refractivity contribution in [3.8, 4) is 23.0 Å². The third-order valence-corrected chi connectivity index (χ3v) is 16.4. The highest BCUT2D eigenvalue weighted by Crippen LogP contribution is 2.68. The average molecular weight is 948 g/mol. The number of halogens is 7. The molecule has 2 saturated carbocycles. The number of sulfone groups is 2. The van der Waals surface area contributed by atoms with E-state index in [1.807, 2.05) is 0 Å². The third kappa shape index (κ3) is 8.02. The first kappa shape index (κ1) is 44.4. The van der Waals surface area contributed by atoms with Crippen molar-refractivity contribution in [2.24, 2.45) is 5.92 Å². The summed E-state index contributed by atoms with van der Waals surface area (Å²) in [5.41, 5.74) is -0.321. The van der Waals surface area contributed by atoms with Gasteiger partial charge in [0.15, 0.2) is 25.5 Å². The Bertz CT molecular complexity index is 3040. The Kier molecular flexibility index (Phi) is 10.9. The molecular weight excluding hydrogens is 908 g/mol. The van der Waals surface area contributed by atoms with Gasteiger partial charge in [0, 0.05) is 52.7 Å². The molecule has 9 rings (SSSR count). The second-order valence-corrected chi connectivity index (χ2v) is 23.0. The molecular formula is C44H40ClF6N5O6S2. The summed E-state index contributed by atoms with van der Waals surface area (Å²) in [6, 6.07) is 8.71. The van der Waals surface area contributed by atoms with E-state index in [0.717, 1.165) is 18.4 Å². The number of alkyl halides is 4. The summed E-state index contributed by atoms with van der Waals surface area (Å²) in [5.74, 6) is -3.99. The lowest BCUT2D eigenvalue weighted by Crippen LogP contribution is -2.33. The number of ketones is 1. The summed E-state index contributed by atoms with van der Waals surface area (Å²) >= 11 is 6.79. The number of benzene rings is 2. The van der Waals surface area contributed by atoms with Gasteiger partial charge in [-0.15, -0.1) is 0 Å². The van der Waals surface area contributed by atoms with Crippen LogP contribution in [0.3, 0.4) is 0 Å². The Balaban J connectivity index is 1.22. The SMILES string of the molecule is CC(C)(C#Cc1ccc(-c2ccc(Cl)c3c(CS(C)(=O)=O)nn(C4COC4)c23)c([C@@H](CC(=O)Cn2nc(C(F)F)c3c2C(F)(F)[C@@H]2C[C@H]32)Cc2cc(F)cc(F)c2)n1)S(=O)(=O)C1CC1. The van der Waals surface area contributed by atoms with Crippen molar-refractivity contribution < 1.29 is 52.7 Å². The van der Waals surface area contributed by atoms with Gasteiger partial charge in [-0.3, -0.25) is 14.2 Å². The van der Waals surface area contributed by atoms with Crippen LogP contribution in [0.25, 0.3) is 22.0 Å². The van der Waals surface area contributed by atoms with Crippen molar-refractivity contribution >= 4 is 48.0 Å². The highest BCUT2D eigenvalue weighted by atomic mass is 35.5. The Labute approximate surface area is 369 Å². The van der Waals surface area contributed by atoms with Crippen LogP contribution in [0, 0.1) is 29.4 Å². The molecule has 0 unspecified atom stereocenters. The van der Waals surface area contributed by atoms with Crippen molar-refractivity contribution in [1.82, 2.24) is 24.5 Å². The third-order valence-electron chi connectivity index (χ3n) is 12.4. The minimum atomic E-state index is -3.68. The topological polar surface area (TPSA) is 143 Å². The normalized spacial score (nSPS) is 19.9. The maximum Gasteiger partial charge on any atom is 0.293 e. The van der Waals surface area contributed by atoms with E-state index in [0.29, 0.717) is 45.6 Å². The number of fused-ring (bicyclic) bond motifs is 4. The van der Waals surface area contributed by atoms with E-state index in [1.54, 1.807) is 16.8 Å². The first-order valence-corrected chi connectivity index (χ1v) is 24.5. The highest BCUT2D eigenvalue weighted by molar-refractivity contribution is 7.93. The molecule has 0 radical (unpaired) electrons. The van der Waals surface area contributed by atoms with Crippen molar-refractivity contribution in [1.29, 1.82) is 0 Å². The van der Waals surface area contributed by atoms with Crippen LogP contribution in [0.2, 0.25) is 5.02 Å². The van der Waals surface area contributed by atoms with Crippen LogP contribution in [0.1, 0.15) is 103 Å². The maximum absolute atomic E-state index is 15.6.